The zero-order valence-corrected chi connectivity index (χ0v) is 34.8. The lowest BCUT2D eigenvalue weighted by Gasteiger charge is -2.43. The fourth-order valence-corrected chi connectivity index (χ4v) is 14.1. The minimum atomic E-state index is -3.09. The molecule has 12 rings (SSSR count). The van der Waals surface area contributed by atoms with Gasteiger partial charge in [0.1, 0.15) is 23.0 Å². The molecule has 0 aliphatic carbocycles. The van der Waals surface area contributed by atoms with E-state index in [0.717, 1.165) is 88.5 Å². The Morgan fingerprint density at radius 3 is 1.10 bits per heavy atom. The molecule has 2 aliphatic rings. The summed E-state index contributed by atoms with van der Waals surface area (Å²) in [7, 11) is -3.09. The van der Waals surface area contributed by atoms with Crippen LogP contribution in [0.25, 0.3) is 68.1 Å². The molecule has 1 spiro atoms. The maximum absolute atomic E-state index is 6.95. The van der Waals surface area contributed by atoms with E-state index in [1.165, 1.54) is 0 Å². The topological polar surface area (TPSA) is 82.9 Å². The highest BCUT2D eigenvalue weighted by Crippen LogP contribution is 2.39. The van der Waals surface area contributed by atoms with Crippen molar-refractivity contribution in [2.45, 2.75) is 0 Å². The van der Waals surface area contributed by atoms with E-state index in [-0.39, 0.29) is 0 Å². The first-order chi connectivity index (χ1) is 31.2. The van der Waals surface area contributed by atoms with E-state index in [0.29, 0.717) is 23.3 Å². The highest BCUT2D eigenvalue weighted by Gasteiger charge is 2.53. The van der Waals surface area contributed by atoms with Crippen LogP contribution in [0.5, 0.6) is 23.0 Å². The van der Waals surface area contributed by atoms with Crippen LogP contribution in [0.4, 0.5) is 0 Å². The SMILES string of the molecule is c1ccc(-c2cc(-c3ccc4c(c3)Oc3ccccc3[Si]43c4ccccc4Oc4cc(-c5nc(-c6ccccc6)nc(-c6ccccc6)n5)ccc43)nc(-c3ccccc3)n2)cc1. The second-order valence-electron chi connectivity index (χ2n) is 15.6. The Morgan fingerprint density at radius 1 is 0.254 bits per heavy atom. The van der Waals surface area contributed by atoms with Crippen molar-refractivity contribution in [3.63, 3.8) is 0 Å². The van der Waals surface area contributed by atoms with Gasteiger partial charge < -0.3 is 9.47 Å². The lowest BCUT2D eigenvalue weighted by molar-refractivity contribution is 0.482. The van der Waals surface area contributed by atoms with Gasteiger partial charge in [0.15, 0.2) is 31.4 Å². The van der Waals surface area contributed by atoms with Gasteiger partial charge in [0, 0.05) is 33.4 Å². The van der Waals surface area contributed by atoms with Crippen LogP contribution in [-0.4, -0.2) is 33.0 Å². The Bertz CT molecular complexity index is 3010. The monoisotopic (exact) mass is 825 g/mol. The zero-order valence-electron chi connectivity index (χ0n) is 33.8. The van der Waals surface area contributed by atoms with Crippen molar-refractivity contribution in [2.75, 3.05) is 0 Å². The number of fused-ring (bicyclic) bond motifs is 8. The predicted octanol–water partition coefficient (Wildman–Crippen LogP) is 10.3. The first kappa shape index (κ1) is 36.5. The Labute approximate surface area is 365 Å². The lowest BCUT2D eigenvalue weighted by Crippen LogP contribution is -2.77. The number of nitrogens with zero attached hydrogens (tertiary/aromatic N) is 5. The molecule has 0 radical (unpaired) electrons. The van der Waals surface area contributed by atoms with E-state index >= 15 is 0 Å². The van der Waals surface area contributed by atoms with E-state index < -0.39 is 8.07 Å². The Morgan fingerprint density at radius 2 is 0.603 bits per heavy atom. The van der Waals surface area contributed by atoms with Gasteiger partial charge in [0.25, 0.3) is 0 Å². The van der Waals surface area contributed by atoms with E-state index in [1.807, 2.05) is 121 Å². The van der Waals surface area contributed by atoms with Gasteiger partial charge in [-0.1, -0.05) is 182 Å². The third-order valence-corrected chi connectivity index (χ3v) is 16.8. The summed E-state index contributed by atoms with van der Waals surface area (Å²) in [5, 5.41) is 4.57. The molecule has 0 saturated heterocycles. The van der Waals surface area contributed by atoms with Gasteiger partial charge in [-0.3, -0.25) is 0 Å². The fraction of sp³-hybridized carbons (Fsp3) is 0. The standard InChI is InChI=1S/C55H35N5O2Si/c1-5-17-36(18-6-1)42-35-43(57-52(56-42)37-19-7-2-8-20-37)40-29-31-50-46(33-40)61-44-25-13-15-27-48(44)63(50)49-28-16-14-26-45(49)62-47-34-41(30-32-51(47)63)55-59-53(38-21-9-3-10-22-38)58-54(60-55)39-23-11-4-12-24-39/h1-35H. The van der Waals surface area contributed by atoms with Crippen molar-refractivity contribution in [3.8, 4) is 91.1 Å². The molecule has 2 aliphatic heterocycles. The summed E-state index contributed by atoms with van der Waals surface area (Å²) in [6.07, 6.45) is 0. The van der Waals surface area contributed by atoms with E-state index in [9.17, 15) is 0 Å². The van der Waals surface area contributed by atoms with Crippen LogP contribution < -0.4 is 30.2 Å². The van der Waals surface area contributed by atoms with E-state index in [4.69, 9.17) is 34.4 Å². The molecule has 0 fully saturated rings. The summed E-state index contributed by atoms with van der Waals surface area (Å²) in [6.45, 7) is 0. The largest absolute Gasteiger partial charge is 0.458 e. The van der Waals surface area contributed by atoms with Crippen molar-refractivity contribution in [1.29, 1.82) is 0 Å². The number of hydrogen-bond acceptors (Lipinski definition) is 7. The Kier molecular flexibility index (Phi) is 8.69. The molecule has 0 bridgehead atoms. The lowest BCUT2D eigenvalue weighted by atomic mass is 10.1. The first-order valence-corrected chi connectivity index (χ1v) is 22.9. The van der Waals surface area contributed by atoms with Gasteiger partial charge in [-0.15, -0.1) is 0 Å². The van der Waals surface area contributed by atoms with Crippen LogP contribution in [0.2, 0.25) is 0 Å². The van der Waals surface area contributed by atoms with Crippen LogP contribution in [0.15, 0.2) is 212 Å². The summed E-state index contributed by atoms with van der Waals surface area (Å²) >= 11 is 0. The van der Waals surface area contributed by atoms with Crippen LogP contribution in [0.3, 0.4) is 0 Å². The highest BCUT2D eigenvalue weighted by atomic mass is 28.3. The number of ether oxygens (including phenoxy) is 2. The van der Waals surface area contributed by atoms with Crippen LogP contribution in [0.1, 0.15) is 0 Å². The second-order valence-corrected chi connectivity index (χ2v) is 19.3. The molecule has 2 aromatic heterocycles. The highest BCUT2D eigenvalue weighted by molar-refractivity contribution is 7.21. The quantitative estimate of drug-likeness (QED) is 0.154. The van der Waals surface area contributed by atoms with Crippen LogP contribution in [0, 0.1) is 0 Å². The fourth-order valence-electron chi connectivity index (χ4n) is 8.98. The molecule has 63 heavy (non-hydrogen) atoms. The molecule has 4 heterocycles. The normalized spacial score (nSPS) is 14.3. The van der Waals surface area contributed by atoms with Gasteiger partial charge in [-0.05, 0) is 51.1 Å². The molecule has 1 unspecified atom stereocenters. The van der Waals surface area contributed by atoms with Crippen molar-refractivity contribution in [3.05, 3.63) is 212 Å². The van der Waals surface area contributed by atoms with Crippen LogP contribution in [-0.2, 0) is 0 Å². The summed E-state index contributed by atoms with van der Waals surface area (Å²) in [4.78, 5) is 25.3. The summed E-state index contributed by atoms with van der Waals surface area (Å²) < 4.78 is 13.9. The molecule has 0 N–H and O–H groups in total. The van der Waals surface area contributed by atoms with Gasteiger partial charge >= 0.3 is 0 Å². The summed E-state index contributed by atoms with van der Waals surface area (Å²) in [6, 6.07) is 72.5. The Hall–Kier alpha value is -8.33. The van der Waals surface area contributed by atoms with Crippen molar-refractivity contribution < 1.29 is 9.47 Å². The average Bonchev–Trinajstić information content (AvgIpc) is 3.36. The third kappa shape index (κ3) is 6.23. The van der Waals surface area contributed by atoms with Crippen molar-refractivity contribution >= 4 is 28.8 Å². The predicted molar refractivity (Wildman–Crippen MR) is 252 cm³/mol. The smallest absolute Gasteiger partial charge is 0.196 e. The van der Waals surface area contributed by atoms with Gasteiger partial charge in [0.05, 0.1) is 11.4 Å². The second kappa shape index (κ2) is 15.0. The minimum absolute atomic E-state index is 0.565. The molecular weight excluding hydrogens is 791 g/mol. The van der Waals surface area contributed by atoms with Gasteiger partial charge in [0.2, 0.25) is 0 Å². The average molecular weight is 826 g/mol. The molecule has 10 aromatic rings. The molecule has 0 saturated carbocycles. The minimum Gasteiger partial charge on any atom is -0.458 e. The van der Waals surface area contributed by atoms with Gasteiger partial charge in [-0.25, -0.2) is 24.9 Å². The van der Waals surface area contributed by atoms with Crippen LogP contribution >= 0.6 is 0 Å². The molecule has 8 heteroatoms. The summed E-state index contributed by atoms with van der Waals surface area (Å²) in [5.74, 6) is 5.65. The number of para-hydroxylation sites is 2. The van der Waals surface area contributed by atoms with Gasteiger partial charge in [-0.2, -0.15) is 0 Å². The third-order valence-electron chi connectivity index (χ3n) is 11.9. The molecule has 7 nitrogen and oxygen atoms in total. The number of aromatic nitrogens is 5. The zero-order chi connectivity index (χ0) is 41.7. The van der Waals surface area contributed by atoms with Crippen molar-refractivity contribution in [1.82, 2.24) is 24.9 Å². The number of hydrogen-bond donors (Lipinski definition) is 0. The summed E-state index contributed by atoms with van der Waals surface area (Å²) in [5.41, 5.74) is 7.22. The molecule has 8 aromatic carbocycles. The first-order valence-electron chi connectivity index (χ1n) is 20.9. The molecule has 0 amide bonds. The molecular formula is C55H35N5O2Si. The number of benzene rings is 8. The maximum atomic E-state index is 6.95. The molecule has 296 valence electrons. The van der Waals surface area contributed by atoms with Crippen molar-refractivity contribution in [2.24, 2.45) is 0 Å². The Balaban J connectivity index is 1.05. The number of rotatable bonds is 6. The van der Waals surface area contributed by atoms with E-state index in [1.54, 1.807) is 0 Å². The maximum Gasteiger partial charge on any atom is 0.196 e. The van der Waals surface area contributed by atoms with E-state index in [2.05, 4.69) is 91.0 Å². The molecule has 1 atom stereocenters.